The lowest BCUT2D eigenvalue weighted by Gasteiger charge is -2.11. The summed E-state index contributed by atoms with van der Waals surface area (Å²) in [7, 11) is 1.43. The van der Waals surface area contributed by atoms with Crippen molar-refractivity contribution in [2.75, 3.05) is 26.8 Å². The molecule has 0 unspecified atom stereocenters. The number of ether oxygens (including phenoxy) is 2. The van der Waals surface area contributed by atoms with Crippen molar-refractivity contribution in [1.29, 1.82) is 0 Å². The van der Waals surface area contributed by atoms with E-state index in [0.717, 1.165) is 13.1 Å². The maximum atomic E-state index is 11.2. The van der Waals surface area contributed by atoms with Crippen LogP contribution in [0.3, 0.4) is 0 Å². The molecule has 0 saturated carbocycles. The second-order valence-corrected chi connectivity index (χ2v) is 3.32. The Kier molecular flexibility index (Phi) is 2.02. The van der Waals surface area contributed by atoms with Crippen LogP contribution in [0.5, 0.6) is 0 Å². The second-order valence-electron chi connectivity index (χ2n) is 3.32. The number of fused-ring (bicyclic) bond motifs is 1. The van der Waals surface area contributed by atoms with Crippen molar-refractivity contribution in [2.45, 2.75) is 6.10 Å². The van der Waals surface area contributed by atoms with Gasteiger partial charge in [0.2, 0.25) is 0 Å². The first-order valence-electron chi connectivity index (χ1n) is 4.23. The summed E-state index contributed by atoms with van der Waals surface area (Å²) in [4.78, 5) is 11.2. The van der Waals surface area contributed by atoms with E-state index in [2.05, 4.69) is 5.32 Å². The first kappa shape index (κ1) is 8.01. The van der Waals surface area contributed by atoms with E-state index in [0.29, 0.717) is 12.5 Å². The average Bonchev–Trinajstić information content (AvgIpc) is 2.62. The maximum Gasteiger partial charge on any atom is 0.311 e. The van der Waals surface area contributed by atoms with Gasteiger partial charge in [-0.25, -0.2) is 0 Å². The highest BCUT2D eigenvalue weighted by atomic mass is 16.5. The van der Waals surface area contributed by atoms with E-state index in [1.165, 1.54) is 7.11 Å². The standard InChI is InChI=1S/C8H13NO3/c1-11-8(10)6-4-12-7-3-9-2-5(6)7/h5-7,9H,2-4H2,1H3/t5-,6-,7-/m0/s1. The van der Waals surface area contributed by atoms with Crippen LogP contribution in [0.4, 0.5) is 0 Å². The molecule has 4 nitrogen and oxygen atoms in total. The zero-order valence-corrected chi connectivity index (χ0v) is 7.08. The van der Waals surface area contributed by atoms with Gasteiger partial charge >= 0.3 is 5.97 Å². The molecule has 3 atom stereocenters. The Morgan fingerprint density at radius 3 is 3.17 bits per heavy atom. The number of carbonyl (C=O) groups excluding carboxylic acids is 1. The Labute approximate surface area is 71.2 Å². The molecule has 0 aliphatic carbocycles. The summed E-state index contributed by atoms with van der Waals surface area (Å²) in [6.45, 7) is 2.28. The highest BCUT2D eigenvalue weighted by Crippen LogP contribution is 2.30. The smallest absolute Gasteiger partial charge is 0.311 e. The molecule has 0 aromatic carbocycles. The Morgan fingerprint density at radius 1 is 1.58 bits per heavy atom. The Bertz CT molecular complexity index is 195. The van der Waals surface area contributed by atoms with Crippen LogP contribution in [0.1, 0.15) is 0 Å². The van der Waals surface area contributed by atoms with Gasteiger partial charge in [0.25, 0.3) is 0 Å². The quantitative estimate of drug-likeness (QED) is 0.535. The number of methoxy groups -OCH3 is 1. The summed E-state index contributed by atoms with van der Waals surface area (Å²) >= 11 is 0. The van der Waals surface area contributed by atoms with E-state index in [9.17, 15) is 4.79 Å². The fourth-order valence-electron chi connectivity index (χ4n) is 2.00. The normalized spacial score (nSPS) is 39.6. The van der Waals surface area contributed by atoms with Crippen LogP contribution in [-0.2, 0) is 14.3 Å². The zero-order valence-electron chi connectivity index (χ0n) is 7.08. The van der Waals surface area contributed by atoms with Crippen LogP contribution >= 0.6 is 0 Å². The van der Waals surface area contributed by atoms with E-state index < -0.39 is 0 Å². The van der Waals surface area contributed by atoms with Gasteiger partial charge < -0.3 is 14.8 Å². The number of hydrogen-bond acceptors (Lipinski definition) is 4. The van der Waals surface area contributed by atoms with Crippen LogP contribution in [0.2, 0.25) is 0 Å². The van der Waals surface area contributed by atoms with Crippen molar-refractivity contribution >= 4 is 5.97 Å². The summed E-state index contributed by atoms with van der Waals surface area (Å²) in [5.74, 6) is 0.152. The minimum Gasteiger partial charge on any atom is -0.469 e. The minimum absolute atomic E-state index is 0.0463. The molecule has 0 amide bonds. The van der Waals surface area contributed by atoms with E-state index in [1.807, 2.05) is 0 Å². The lowest BCUT2D eigenvalue weighted by Crippen LogP contribution is -2.27. The van der Waals surface area contributed by atoms with Gasteiger partial charge in [-0.05, 0) is 0 Å². The summed E-state index contributed by atoms with van der Waals surface area (Å²) in [6.07, 6.45) is 0.231. The number of esters is 1. The molecule has 0 aromatic heterocycles. The zero-order chi connectivity index (χ0) is 8.55. The first-order valence-corrected chi connectivity index (χ1v) is 4.23. The third-order valence-electron chi connectivity index (χ3n) is 2.71. The third kappa shape index (κ3) is 1.11. The number of hydrogen-bond donors (Lipinski definition) is 1. The first-order chi connectivity index (χ1) is 5.83. The minimum atomic E-state index is -0.133. The molecule has 0 bridgehead atoms. The van der Waals surface area contributed by atoms with Gasteiger partial charge in [-0.15, -0.1) is 0 Å². The van der Waals surface area contributed by atoms with E-state index in [4.69, 9.17) is 9.47 Å². The molecule has 12 heavy (non-hydrogen) atoms. The van der Waals surface area contributed by atoms with E-state index in [1.54, 1.807) is 0 Å². The SMILES string of the molecule is COC(=O)[C@H]1CO[C@H]2CNC[C@H]21. The molecule has 68 valence electrons. The second kappa shape index (κ2) is 3.03. The lowest BCUT2D eigenvalue weighted by molar-refractivity contribution is -0.146. The van der Waals surface area contributed by atoms with Crippen LogP contribution in [-0.4, -0.2) is 38.9 Å². The third-order valence-corrected chi connectivity index (χ3v) is 2.71. The molecular weight excluding hydrogens is 158 g/mol. The molecule has 2 saturated heterocycles. The van der Waals surface area contributed by atoms with Crippen LogP contribution in [0, 0.1) is 11.8 Å². The fourth-order valence-corrected chi connectivity index (χ4v) is 2.00. The van der Waals surface area contributed by atoms with E-state index in [-0.39, 0.29) is 18.0 Å². The van der Waals surface area contributed by atoms with Crippen LogP contribution in [0.15, 0.2) is 0 Å². The molecule has 4 heteroatoms. The molecule has 1 N–H and O–H groups in total. The Morgan fingerprint density at radius 2 is 2.42 bits per heavy atom. The van der Waals surface area contributed by atoms with Crippen molar-refractivity contribution in [2.24, 2.45) is 11.8 Å². The molecule has 2 aliphatic rings. The topological polar surface area (TPSA) is 47.6 Å². The van der Waals surface area contributed by atoms with Gasteiger partial charge in [0.05, 0.1) is 25.7 Å². The summed E-state index contributed by atoms with van der Waals surface area (Å²) in [5.41, 5.74) is 0. The molecule has 0 radical (unpaired) electrons. The van der Waals surface area contributed by atoms with Gasteiger partial charge in [0.1, 0.15) is 0 Å². The maximum absolute atomic E-state index is 11.2. The summed E-state index contributed by atoms with van der Waals surface area (Å²) in [6, 6.07) is 0. The molecular formula is C8H13NO3. The molecule has 2 heterocycles. The van der Waals surface area contributed by atoms with Gasteiger partial charge in [-0.1, -0.05) is 0 Å². The van der Waals surface area contributed by atoms with Gasteiger partial charge in [0.15, 0.2) is 0 Å². The van der Waals surface area contributed by atoms with Crippen molar-refractivity contribution in [1.82, 2.24) is 5.32 Å². The predicted octanol–water partition coefficient (Wildman–Crippen LogP) is -0.606. The fraction of sp³-hybridized carbons (Fsp3) is 0.875. The molecule has 0 aromatic rings. The molecule has 0 spiro atoms. The number of rotatable bonds is 1. The summed E-state index contributed by atoms with van der Waals surface area (Å²) in [5, 5.41) is 3.20. The van der Waals surface area contributed by atoms with E-state index >= 15 is 0 Å². The Balaban J connectivity index is 2.04. The van der Waals surface area contributed by atoms with Crippen molar-refractivity contribution < 1.29 is 14.3 Å². The highest BCUT2D eigenvalue weighted by Gasteiger charge is 2.44. The van der Waals surface area contributed by atoms with Crippen molar-refractivity contribution in [3.63, 3.8) is 0 Å². The van der Waals surface area contributed by atoms with Gasteiger partial charge in [-0.3, -0.25) is 4.79 Å². The van der Waals surface area contributed by atoms with Crippen molar-refractivity contribution in [3.8, 4) is 0 Å². The predicted molar refractivity (Wildman–Crippen MR) is 41.6 cm³/mol. The van der Waals surface area contributed by atoms with Crippen molar-refractivity contribution in [3.05, 3.63) is 0 Å². The monoisotopic (exact) mass is 171 g/mol. The molecule has 2 aliphatic heterocycles. The lowest BCUT2D eigenvalue weighted by atomic mass is 9.93. The summed E-state index contributed by atoms with van der Waals surface area (Å²) < 4.78 is 10.1. The van der Waals surface area contributed by atoms with Gasteiger partial charge in [-0.2, -0.15) is 0 Å². The largest absolute Gasteiger partial charge is 0.469 e. The van der Waals surface area contributed by atoms with Crippen LogP contribution < -0.4 is 5.32 Å². The molecule has 2 fully saturated rings. The number of carbonyl (C=O) groups is 1. The van der Waals surface area contributed by atoms with Gasteiger partial charge in [0, 0.05) is 19.0 Å². The highest BCUT2D eigenvalue weighted by molar-refractivity contribution is 5.73. The Hall–Kier alpha value is -0.610. The number of nitrogens with one attached hydrogen (secondary N) is 1. The average molecular weight is 171 g/mol. The molecule has 2 rings (SSSR count). The van der Waals surface area contributed by atoms with Crippen LogP contribution in [0.25, 0.3) is 0 Å².